The van der Waals surface area contributed by atoms with Crippen LogP contribution in [0.15, 0.2) is 18.2 Å². The summed E-state index contributed by atoms with van der Waals surface area (Å²) >= 11 is 5.70. The summed E-state index contributed by atoms with van der Waals surface area (Å²) in [5.74, 6) is -0.266. The molecular formula is C13H19ClFNO. The van der Waals surface area contributed by atoms with Crippen molar-refractivity contribution in [2.24, 2.45) is 0 Å². The van der Waals surface area contributed by atoms with E-state index in [1.165, 1.54) is 6.07 Å². The molecule has 0 fully saturated rings. The van der Waals surface area contributed by atoms with E-state index in [4.69, 9.17) is 16.3 Å². The summed E-state index contributed by atoms with van der Waals surface area (Å²) in [4.78, 5) is 0. The minimum absolute atomic E-state index is 0.264. The van der Waals surface area contributed by atoms with Crippen LogP contribution in [-0.4, -0.2) is 19.8 Å². The number of hydrogen-bond donors (Lipinski definition) is 1. The number of hydrogen-bond acceptors (Lipinski definition) is 2. The first kappa shape index (κ1) is 14.4. The van der Waals surface area contributed by atoms with Crippen molar-refractivity contribution >= 4 is 11.6 Å². The van der Waals surface area contributed by atoms with Gasteiger partial charge in [-0.25, -0.2) is 4.39 Å². The van der Waals surface area contributed by atoms with Crippen molar-refractivity contribution in [2.75, 3.05) is 13.7 Å². The second-order valence-electron chi connectivity index (χ2n) is 4.06. The molecule has 0 spiro atoms. The molecule has 0 radical (unpaired) electrons. The van der Waals surface area contributed by atoms with Gasteiger partial charge in [0, 0.05) is 30.3 Å². The van der Waals surface area contributed by atoms with Crippen LogP contribution in [0, 0.1) is 5.82 Å². The predicted molar refractivity (Wildman–Crippen MR) is 68.8 cm³/mol. The van der Waals surface area contributed by atoms with Crippen molar-refractivity contribution < 1.29 is 9.13 Å². The van der Waals surface area contributed by atoms with Crippen molar-refractivity contribution in [1.82, 2.24) is 5.32 Å². The van der Waals surface area contributed by atoms with E-state index >= 15 is 0 Å². The Bertz CT molecular complexity index is 340. The Labute approximate surface area is 107 Å². The zero-order valence-corrected chi connectivity index (χ0v) is 11.1. The molecular weight excluding hydrogens is 241 g/mol. The molecule has 2 nitrogen and oxygen atoms in total. The maximum absolute atomic E-state index is 13.5. The lowest BCUT2D eigenvalue weighted by Gasteiger charge is -2.17. The van der Waals surface area contributed by atoms with Gasteiger partial charge in [-0.15, -0.1) is 0 Å². The monoisotopic (exact) mass is 259 g/mol. The fraction of sp³-hybridized carbons (Fsp3) is 0.538. The van der Waals surface area contributed by atoms with E-state index in [0.717, 1.165) is 12.8 Å². The molecule has 96 valence electrons. The molecule has 4 heteroatoms. The van der Waals surface area contributed by atoms with E-state index < -0.39 is 0 Å². The molecule has 0 heterocycles. The third-order valence-electron chi connectivity index (χ3n) is 2.60. The Balaban J connectivity index is 2.52. The van der Waals surface area contributed by atoms with Gasteiger partial charge >= 0.3 is 0 Å². The number of methoxy groups -OCH3 is 1. The third kappa shape index (κ3) is 5.02. The second-order valence-corrected chi connectivity index (χ2v) is 4.49. The average Bonchev–Trinajstić information content (AvgIpc) is 2.28. The second kappa shape index (κ2) is 7.64. The van der Waals surface area contributed by atoms with Crippen LogP contribution in [0.4, 0.5) is 4.39 Å². The van der Waals surface area contributed by atoms with Gasteiger partial charge in [0.1, 0.15) is 5.82 Å². The smallest absolute Gasteiger partial charge is 0.129 e. The van der Waals surface area contributed by atoms with Crippen molar-refractivity contribution in [3.05, 3.63) is 34.6 Å². The van der Waals surface area contributed by atoms with E-state index in [1.54, 1.807) is 19.2 Å². The molecule has 0 aromatic heterocycles. The van der Waals surface area contributed by atoms with Crippen LogP contribution in [0.1, 0.15) is 25.3 Å². The normalized spacial score (nSPS) is 12.7. The van der Waals surface area contributed by atoms with Gasteiger partial charge in [-0.1, -0.05) is 31.0 Å². The van der Waals surface area contributed by atoms with E-state index in [2.05, 4.69) is 12.2 Å². The molecule has 0 aliphatic carbocycles. The molecule has 1 rings (SSSR count). The van der Waals surface area contributed by atoms with Crippen LogP contribution in [0.5, 0.6) is 0 Å². The molecule has 0 saturated carbocycles. The van der Waals surface area contributed by atoms with Gasteiger partial charge in [-0.3, -0.25) is 0 Å². The summed E-state index contributed by atoms with van der Waals surface area (Å²) in [5, 5.41) is 3.71. The van der Waals surface area contributed by atoms with Gasteiger partial charge < -0.3 is 10.1 Å². The molecule has 0 bridgehead atoms. The molecule has 0 saturated heterocycles. The quantitative estimate of drug-likeness (QED) is 0.811. The van der Waals surface area contributed by atoms with Crippen LogP contribution in [0.2, 0.25) is 5.02 Å². The van der Waals surface area contributed by atoms with Gasteiger partial charge in [0.25, 0.3) is 0 Å². The largest absolute Gasteiger partial charge is 0.383 e. The minimum atomic E-state index is -0.266. The lowest BCUT2D eigenvalue weighted by atomic mass is 10.1. The molecule has 0 aliphatic rings. The number of ether oxygens (including phenoxy) is 1. The van der Waals surface area contributed by atoms with Crippen LogP contribution >= 0.6 is 11.6 Å². The van der Waals surface area contributed by atoms with Gasteiger partial charge in [-0.05, 0) is 18.6 Å². The Hall–Kier alpha value is -0.640. The van der Waals surface area contributed by atoms with E-state index in [1.807, 2.05) is 0 Å². The van der Waals surface area contributed by atoms with Gasteiger partial charge in [-0.2, -0.15) is 0 Å². The van der Waals surface area contributed by atoms with Crippen molar-refractivity contribution in [1.29, 1.82) is 0 Å². The summed E-state index contributed by atoms with van der Waals surface area (Å²) in [6.07, 6.45) is 2.09. The Morgan fingerprint density at radius 1 is 1.47 bits per heavy atom. The maximum Gasteiger partial charge on any atom is 0.129 e. The summed E-state index contributed by atoms with van der Waals surface area (Å²) in [5.41, 5.74) is 0.631. The van der Waals surface area contributed by atoms with Crippen LogP contribution in [0.3, 0.4) is 0 Å². The van der Waals surface area contributed by atoms with Crippen molar-refractivity contribution in [3.63, 3.8) is 0 Å². The molecule has 0 aliphatic heterocycles. The highest BCUT2D eigenvalue weighted by Gasteiger charge is 2.08. The number of halogens is 2. The number of rotatable bonds is 7. The maximum atomic E-state index is 13.5. The molecule has 1 atom stereocenters. The Kier molecular flexibility index (Phi) is 6.48. The van der Waals surface area contributed by atoms with Crippen LogP contribution in [0.25, 0.3) is 0 Å². The minimum Gasteiger partial charge on any atom is -0.383 e. The van der Waals surface area contributed by atoms with Gasteiger partial charge in [0.05, 0.1) is 6.61 Å². The van der Waals surface area contributed by atoms with E-state index in [9.17, 15) is 4.39 Å². The number of benzene rings is 1. The summed E-state index contributed by atoms with van der Waals surface area (Å²) in [7, 11) is 1.67. The SMILES string of the molecule is CCCC(COC)NCc1ccc(Cl)cc1F. The molecule has 1 aromatic carbocycles. The highest BCUT2D eigenvalue weighted by atomic mass is 35.5. The average molecular weight is 260 g/mol. The lowest BCUT2D eigenvalue weighted by Crippen LogP contribution is -2.32. The zero-order chi connectivity index (χ0) is 12.7. The summed E-state index contributed by atoms with van der Waals surface area (Å²) in [6.45, 7) is 3.26. The molecule has 0 amide bonds. The first-order valence-electron chi connectivity index (χ1n) is 5.83. The lowest BCUT2D eigenvalue weighted by molar-refractivity contribution is 0.161. The first-order valence-corrected chi connectivity index (χ1v) is 6.21. The van der Waals surface area contributed by atoms with Crippen molar-refractivity contribution in [3.8, 4) is 0 Å². The van der Waals surface area contributed by atoms with E-state index in [-0.39, 0.29) is 11.9 Å². The zero-order valence-electron chi connectivity index (χ0n) is 10.3. The molecule has 1 N–H and O–H groups in total. The first-order chi connectivity index (χ1) is 8.17. The Morgan fingerprint density at radius 2 is 2.24 bits per heavy atom. The number of nitrogens with one attached hydrogen (secondary N) is 1. The fourth-order valence-electron chi connectivity index (χ4n) is 1.71. The highest BCUT2D eigenvalue weighted by Crippen LogP contribution is 2.14. The fourth-order valence-corrected chi connectivity index (χ4v) is 1.87. The topological polar surface area (TPSA) is 21.3 Å². The Morgan fingerprint density at radius 3 is 2.82 bits per heavy atom. The highest BCUT2D eigenvalue weighted by molar-refractivity contribution is 6.30. The molecule has 17 heavy (non-hydrogen) atoms. The van der Waals surface area contributed by atoms with E-state index in [0.29, 0.717) is 23.7 Å². The summed E-state index contributed by atoms with van der Waals surface area (Å²) < 4.78 is 18.6. The van der Waals surface area contributed by atoms with Crippen LogP contribution < -0.4 is 5.32 Å². The standard InChI is InChI=1S/C13H19ClFNO/c1-3-4-12(9-17-2)16-8-10-5-6-11(14)7-13(10)15/h5-7,12,16H,3-4,8-9H2,1-2H3. The van der Waals surface area contributed by atoms with Crippen LogP contribution in [-0.2, 0) is 11.3 Å². The third-order valence-corrected chi connectivity index (χ3v) is 2.84. The predicted octanol–water partition coefficient (Wildman–Crippen LogP) is 3.38. The summed E-state index contributed by atoms with van der Waals surface area (Å²) in [6, 6.07) is 5.01. The molecule has 1 aromatic rings. The van der Waals surface area contributed by atoms with Crippen molar-refractivity contribution in [2.45, 2.75) is 32.4 Å². The molecule has 1 unspecified atom stereocenters. The van der Waals surface area contributed by atoms with Gasteiger partial charge in [0.2, 0.25) is 0 Å². The van der Waals surface area contributed by atoms with Gasteiger partial charge in [0.15, 0.2) is 0 Å².